The van der Waals surface area contributed by atoms with E-state index in [0.717, 1.165) is 0 Å². The fourth-order valence-corrected chi connectivity index (χ4v) is 1.01. The average molecular weight is 163 g/mol. The second-order valence-corrected chi connectivity index (χ2v) is 2.30. The number of benzene rings is 1. The van der Waals surface area contributed by atoms with Gasteiger partial charge >= 0.3 is 0 Å². The Kier molecular flexibility index (Phi) is 1.30. The van der Waals surface area contributed by atoms with Gasteiger partial charge in [-0.2, -0.15) is 0 Å². The summed E-state index contributed by atoms with van der Waals surface area (Å²) >= 11 is 0. The van der Waals surface area contributed by atoms with Crippen LogP contribution in [0.5, 0.6) is 0 Å². The number of nitrogens with zero attached hydrogens (tertiary/aromatic N) is 3. The molecule has 0 aliphatic carbocycles. The van der Waals surface area contributed by atoms with Crippen molar-refractivity contribution in [2.45, 2.75) is 0 Å². The zero-order chi connectivity index (χ0) is 8.55. The molecular formula is C7H5N3O2. The zero-order valence-corrected chi connectivity index (χ0v) is 6.01. The Balaban J connectivity index is 3.05. The second kappa shape index (κ2) is 2.30. The van der Waals surface area contributed by atoms with E-state index in [0.29, 0.717) is 15.7 Å². The summed E-state index contributed by atoms with van der Waals surface area (Å²) in [4.78, 5) is 11.6. The molecule has 0 amide bonds. The Morgan fingerprint density at radius 3 is 2.83 bits per heavy atom. The van der Waals surface area contributed by atoms with Crippen molar-refractivity contribution < 1.29 is 5.21 Å². The third-order valence-corrected chi connectivity index (χ3v) is 1.57. The summed E-state index contributed by atoms with van der Waals surface area (Å²) in [6, 6.07) is 6.58. The van der Waals surface area contributed by atoms with E-state index in [2.05, 4.69) is 10.3 Å². The molecule has 5 nitrogen and oxygen atoms in total. The molecule has 12 heavy (non-hydrogen) atoms. The number of aromatic nitrogens is 3. The lowest BCUT2D eigenvalue weighted by Crippen LogP contribution is -2.15. The van der Waals surface area contributed by atoms with Gasteiger partial charge in [-0.1, -0.05) is 22.1 Å². The number of hydrogen-bond donors (Lipinski definition) is 1. The van der Waals surface area contributed by atoms with Crippen LogP contribution in [0.15, 0.2) is 29.1 Å². The molecule has 0 atom stereocenters. The van der Waals surface area contributed by atoms with E-state index in [1.165, 1.54) is 0 Å². The summed E-state index contributed by atoms with van der Waals surface area (Å²) in [5, 5.41) is 15.9. The van der Waals surface area contributed by atoms with E-state index < -0.39 is 5.56 Å². The quantitative estimate of drug-likeness (QED) is 0.556. The molecule has 2 aromatic rings. The summed E-state index contributed by atoms with van der Waals surface area (Å²) in [6.07, 6.45) is 0. The summed E-state index contributed by atoms with van der Waals surface area (Å²) in [7, 11) is 0. The number of fused-ring (bicyclic) bond motifs is 1. The summed E-state index contributed by atoms with van der Waals surface area (Å²) < 4.78 is 0. The molecular weight excluding hydrogens is 158 g/mol. The van der Waals surface area contributed by atoms with Gasteiger partial charge in [0.25, 0.3) is 5.56 Å². The monoisotopic (exact) mass is 163 g/mol. The highest BCUT2D eigenvalue weighted by molar-refractivity contribution is 5.76. The van der Waals surface area contributed by atoms with Gasteiger partial charge in [0, 0.05) is 0 Å². The number of hydrogen-bond acceptors (Lipinski definition) is 4. The van der Waals surface area contributed by atoms with E-state index in [1.807, 2.05) is 0 Å². The van der Waals surface area contributed by atoms with Crippen molar-refractivity contribution in [1.29, 1.82) is 0 Å². The van der Waals surface area contributed by atoms with Crippen LogP contribution in [0.1, 0.15) is 0 Å². The molecule has 0 spiro atoms. The Morgan fingerprint density at radius 2 is 2.08 bits per heavy atom. The molecule has 1 heterocycles. The third-order valence-electron chi connectivity index (χ3n) is 1.57. The molecule has 0 aliphatic rings. The lowest BCUT2D eigenvalue weighted by Gasteiger charge is -1.97. The molecule has 0 unspecified atom stereocenters. The molecule has 2 rings (SSSR count). The molecule has 60 valence electrons. The van der Waals surface area contributed by atoms with Crippen molar-refractivity contribution in [3.63, 3.8) is 0 Å². The van der Waals surface area contributed by atoms with Crippen LogP contribution in [0, 0.1) is 0 Å². The van der Waals surface area contributed by atoms with Crippen molar-refractivity contribution in [2.24, 2.45) is 0 Å². The predicted molar refractivity (Wildman–Crippen MR) is 41.0 cm³/mol. The normalized spacial score (nSPS) is 10.3. The fourth-order valence-electron chi connectivity index (χ4n) is 1.01. The standard InChI is InChI=1S/C7H5N3O2/c11-7-5-3-1-2-4-6(5)10(12)9-8-7/h1-4,12H. The molecule has 0 radical (unpaired) electrons. The summed E-state index contributed by atoms with van der Waals surface area (Å²) in [6.45, 7) is 0. The minimum Gasteiger partial charge on any atom is -0.410 e. The predicted octanol–water partition coefficient (Wildman–Crippen LogP) is 0.0288. The fraction of sp³-hybridized carbons (Fsp3) is 0. The van der Waals surface area contributed by atoms with Gasteiger partial charge < -0.3 is 5.21 Å². The van der Waals surface area contributed by atoms with Crippen molar-refractivity contribution in [2.75, 3.05) is 0 Å². The maximum atomic E-state index is 11.0. The maximum absolute atomic E-state index is 11.0. The molecule has 1 aromatic carbocycles. The number of rotatable bonds is 0. The van der Waals surface area contributed by atoms with Crippen LogP contribution >= 0.6 is 0 Å². The molecule has 0 saturated carbocycles. The van der Waals surface area contributed by atoms with Gasteiger partial charge in [-0.15, -0.1) is 0 Å². The highest BCUT2D eigenvalue weighted by Crippen LogP contribution is 2.04. The van der Waals surface area contributed by atoms with Gasteiger partial charge in [0.1, 0.15) is 5.52 Å². The average Bonchev–Trinajstić information content (AvgIpc) is 2.12. The van der Waals surface area contributed by atoms with Crippen molar-refractivity contribution in [3.8, 4) is 0 Å². The Labute approximate surface area is 66.8 Å². The van der Waals surface area contributed by atoms with Gasteiger partial charge in [0.05, 0.1) is 5.39 Å². The minimum absolute atomic E-state index is 0.356. The van der Waals surface area contributed by atoms with Crippen LogP contribution in [0.25, 0.3) is 10.9 Å². The molecule has 0 bridgehead atoms. The van der Waals surface area contributed by atoms with E-state index in [-0.39, 0.29) is 0 Å². The Morgan fingerprint density at radius 1 is 1.33 bits per heavy atom. The van der Waals surface area contributed by atoms with Crippen LogP contribution in [-0.2, 0) is 0 Å². The minimum atomic E-state index is -0.434. The van der Waals surface area contributed by atoms with Crippen LogP contribution in [0.4, 0.5) is 0 Å². The molecule has 5 heteroatoms. The van der Waals surface area contributed by atoms with E-state index in [4.69, 9.17) is 5.21 Å². The lowest BCUT2D eigenvalue weighted by molar-refractivity contribution is 0.148. The van der Waals surface area contributed by atoms with Crippen molar-refractivity contribution in [1.82, 2.24) is 15.2 Å². The molecule has 1 N–H and O–H groups in total. The highest BCUT2D eigenvalue weighted by atomic mass is 16.5. The molecule has 0 saturated heterocycles. The number of para-hydroxylation sites is 1. The lowest BCUT2D eigenvalue weighted by atomic mass is 10.2. The second-order valence-electron chi connectivity index (χ2n) is 2.30. The molecule has 0 aliphatic heterocycles. The van der Waals surface area contributed by atoms with Crippen molar-refractivity contribution >= 4 is 10.9 Å². The van der Waals surface area contributed by atoms with E-state index in [1.54, 1.807) is 24.3 Å². The molecule has 0 fully saturated rings. The maximum Gasteiger partial charge on any atom is 0.299 e. The van der Waals surface area contributed by atoms with Crippen molar-refractivity contribution in [3.05, 3.63) is 34.6 Å². The largest absolute Gasteiger partial charge is 0.410 e. The summed E-state index contributed by atoms with van der Waals surface area (Å²) in [5.41, 5.74) is -0.0756. The first-order chi connectivity index (χ1) is 5.79. The Bertz CT molecular complexity index is 477. The first kappa shape index (κ1) is 6.78. The molecule has 1 aromatic heterocycles. The summed E-state index contributed by atoms with van der Waals surface area (Å²) in [5.74, 6) is 0. The van der Waals surface area contributed by atoms with E-state index >= 15 is 0 Å². The Hall–Kier alpha value is -1.91. The van der Waals surface area contributed by atoms with Gasteiger partial charge in [0.15, 0.2) is 0 Å². The highest BCUT2D eigenvalue weighted by Gasteiger charge is 2.01. The topological polar surface area (TPSA) is 68.0 Å². The first-order valence-electron chi connectivity index (χ1n) is 3.33. The van der Waals surface area contributed by atoms with Gasteiger partial charge in [-0.05, 0) is 17.3 Å². The van der Waals surface area contributed by atoms with Crippen LogP contribution in [-0.4, -0.2) is 20.4 Å². The first-order valence-corrected chi connectivity index (χ1v) is 3.33. The van der Waals surface area contributed by atoms with Crippen LogP contribution in [0.2, 0.25) is 0 Å². The van der Waals surface area contributed by atoms with Gasteiger partial charge in [0.2, 0.25) is 0 Å². The SMILES string of the molecule is O=c1nnn(O)c2ccccc12. The van der Waals surface area contributed by atoms with Crippen LogP contribution < -0.4 is 5.56 Å². The third kappa shape index (κ3) is 0.833. The van der Waals surface area contributed by atoms with E-state index in [9.17, 15) is 4.79 Å². The zero-order valence-electron chi connectivity index (χ0n) is 6.01. The van der Waals surface area contributed by atoms with Gasteiger partial charge in [-0.25, -0.2) is 0 Å². The van der Waals surface area contributed by atoms with Gasteiger partial charge in [-0.3, -0.25) is 4.79 Å². The van der Waals surface area contributed by atoms with Crippen LogP contribution in [0.3, 0.4) is 0 Å². The smallest absolute Gasteiger partial charge is 0.299 e.